The maximum atomic E-state index is 13.3. The average Bonchev–Trinajstić information content (AvgIpc) is 2.33. The Labute approximate surface area is 109 Å². The Morgan fingerprint density at radius 2 is 2.22 bits per heavy atom. The molecule has 1 N–H and O–H groups in total. The Morgan fingerprint density at radius 1 is 1.50 bits per heavy atom. The van der Waals surface area contributed by atoms with Crippen molar-refractivity contribution in [2.75, 3.05) is 13.2 Å². The van der Waals surface area contributed by atoms with Crippen LogP contribution in [0.4, 0.5) is 4.39 Å². The van der Waals surface area contributed by atoms with E-state index in [-0.39, 0.29) is 11.9 Å². The Morgan fingerprint density at radius 3 is 2.83 bits per heavy atom. The van der Waals surface area contributed by atoms with Crippen molar-refractivity contribution in [2.24, 2.45) is 0 Å². The van der Waals surface area contributed by atoms with Crippen molar-refractivity contribution in [3.05, 3.63) is 41.7 Å². The maximum absolute atomic E-state index is 13.3. The van der Waals surface area contributed by atoms with Gasteiger partial charge in [0.2, 0.25) is 0 Å². The van der Waals surface area contributed by atoms with E-state index in [1.54, 1.807) is 6.07 Å². The largest absolute Gasteiger partial charge is 0.489 e. The predicted octanol–water partition coefficient (Wildman–Crippen LogP) is 3.84. The summed E-state index contributed by atoms with van der Waals surface area (Å²) in [5.74, 6) is 0.312. The molecule has 3 heteroatoms. The van der Waals surface area contributed by atoms with E-state index >= 15 is 0 Å². The molecule has 0 aliphatic carbocycles. The first-order valence-electron chi connectivity index (χ1n) is 6.34. The summed E-state index contributed by atoms with van der Waals surface area (Å²) < 4.78 is 18.9. The smallest absolute Gasteiger partial charge is 0.127 e. The highest BCUT2D eigenvalue weighted by atomic mass is 19.1. The van der Waals surface area contributed by atoms with Gasteiger partial charge in [0.05, 0.1) is 0 Å². The van der Waals surface area contributed by atoms with E-state index in [0.717, 1.165) is 24.1 Å². The fraction of sp³-hybridized carbons (Fsp3) is 0.467. The van der Waals surface area contributed by atoms with E-state index < -0.39 is 0 Å². The van der Waals surface area contributed by atoms with Gasteiger partial charge in [-0.15, -0.1) is 0 Å². The number of ether oxygens (including phenoxy) is 1. The van der Waals surface area contributed by atoms with Crippen molar-refractivity contribution in [2.45, 2.75) is 33.2 Å². The normalized spacial score (nSPS) is 12.2. The van der Waals surface area contributed by atoms with Gasteiger partial charge < -0.3 is 10.1 Å². The zero-order valence-corrected chi connectivity index (χ0v) is 11.4. The zero-order chi connectivity index (χ0) is 13.5. The van der Waals surface area contributed by atoms with E-state index in [9.17, 15) is 4.39 Å². The highest BCUT2D eigenvalue weighted by Gasteiger charge is 2.12. The molecule has 1 atom stereocenters. The van der Waals surface area contributed by atoms with Crippen LogP contribution in [0.25, 0.3) is 0 Å². The molecule has 0 aliphatic heterocycles. The third-order valence-electron chi connectivity index (χ3n) is 2.62. The number of benzene rings is 1. The molecule has 0 saturated heterocycles. The summed E-state index contributed by atoms with van der Waals surface area (Å²) in [4.78, 5) is 0. The Kier molecular flexibility index (Phi) is 5.86. The summed E-state index contributed by atoms with van der Waals surface area (Å²) in [6.07, 6.45) is 1.06. The summed E-state index contributed by atoms with van der Waals surface area (Å²) in [7, 11) is 0. The van der Waals surface area contributed by atoms with Gasteiger partial charge in [-0.1, -0.05) is 19.6 Å². The van der Waals surface area contributed by atoms with Crippen molar-refractivity contribution in [3.8, 4) is 5.75 Å². The lowest BCUT2D eigenvalue weighted by Crippen LogP contribution is -2.20. The molecule has 0 radical (unpaired) electrons. The van der Waals surface area contributed by atoms with Crippen LogP contribution in [0.5, 0.6) is 5.75 Å². The van der Waals surface area contributed by atoms with Gasteiger partial charge in [-0.2, -0.15) is 0 Å². The monoisotopic (exact) mass is 251 g/mol. The Hall–Kier alpha value is -1.35. The molecule has 1 aromatic carbocycles. The lowest BCUT2D eigenvalue weighted by Gasteiger charge is -2.18. The number of hydrogen-bond donors (Lipinski definition) is 1. The number of rotatable bonds is 7. The third-order valence-corrected chi connectivity index (χ3v) is 2.62. The van der Waals surface area contributed by atoms with Gasteiger partial charge in [-0.05, 0) is 38.5 Å². The van der Waals surface area contributed by atoms with E-state index in [1.807, 2.05) is 6.92 Å². The minimum atomic E-state index is -0.279. The van der Waals surface area contributed by atoms with Crippen molar-refractivity contribution in [1.82, 2.24) is 5.32 Å². The first-order valence-corrected chi connectivity index (χ1v) is 6.34. The molecule has 0 fully saturated rings. The summed E-state index contributed by atoms with van der Waals surface area (Å²) >= 11 is 0. The van der Waals surface area contributed by atoms with Gasteiger partial charge in [-0.3, -0.25) is 0 Å². The quantitative estimate of drug-likeness (QED) is 0.743. The summed E-state index contributed by atoms with van der Waals surface area (Å²) in [6.45, 7) is 11.2. The second kappa shape index (κ2) is 7.17. The summed E-state index contributed by atoms with van der Waals surface area (Å²) in [5, 5.41) is 3.37. The Bertz CT molecular complexity index is 403. The fourth-order valence-corrected chi connectivity index (χ4v) is 1.66. The second-order valence-electron chi connectivity index (χ2n) is 4.60. The van der Waals surface area contributed by atoms with Crippen LogP contribution in [0.2, 0.25) is 0 Å². The van der Waals surface area contributed by atoms with Crippen LogP contribution < -0.4 is 10.1 Å². The molecule has 0 spiro atoms. The summed E-state index contributed by atoms with van der Waals surface area (Å²) in [6, 6.07) is 4.82. The molecule has 0 amide bonds. The molecular weight excluding hydrogens is 229 g/mol. The fourth-order valence-electron chi connectivity index (χ4n) is 1.66. The second-order valence-corrected chi connectivity index (χ2v) is 4.60. The van der Waals surface area contributed by atoms with Gasteiger partial charge in [0.15, 0.2) is 0 Å². The molecule has 18 heavy (non-hydrogen) atoms. The highest BCUT2D eigenvalue weighted by molar-refractivity contribution is 5.36. The predicted molar refractivity (Wildman–Crippen MR) is 73.4 cm³/mol. The van der Waals surface area contributed by atoms with E-state index in [1.165, 1.54) is 12.1 Å². The molecule has 0 aromatic heterocycles. The average molecular weight is 251 g/mol. The van der Waals surface area contributed by atoms with Crippen LogP contribution in [-0.2, 0) is 0 Å². The molecule has 1 aromatic rings. The number of nitrogens with one attached hydrogen (secondary N) is 1. The molecule has 1 rings (SSSR count). The topological polar surface area (TPSA) is 21.3 Å². The van der Waals surface area contributed by atoms with Gasteiger partial charge in [0, 0.05) is 17.7 Å². The van der Waals surface area contributed by atoms with Gasteiger partial charge >= 0.3 is 0 Å². The lowest BCUT2D eigenvalue weighted by molar-refractivity contribution is 0.342. The van der Waals surface area contributed by atoms with Crippen molar-refractivity contribution in [1.29, 1.82) is 0 Å². The molecule has 100 valence electrons. The molecular formula is C15H22FNO. The molecule has 0 heterocycles. The summed E-state index contributed by atoms with van der Waals surface area (Å²) in [5.41, 5.74) is 1.89. The minimum absolute atomic E-state index is 0.144. The van der Waals surface area contributed by atoms with E-state index in [4.69, 9.17) is 4.74 Å². The van der Waals surface area contributed by atoms with Crippen LogP contribution in [0.15, 0.2) is 30.4 Å². The van der Waals surface area contributed by atoms with Crippen LogP contribution >= 0.6 is 0 Å². The van der Waals surface area contributed by atoms with Gasteiger partial charge in [0.1, 0.15) is 18.2 Å². The standard InChI is InChI=1S/C15H22FNO/c1-5-8-17-12(4)14-7-6-13(16)9-15(14)18-10-11(2)3/h6-7,9,12,17H,2,5,8,10H2,1,3-4H3. The molecule has 0 bridgehead atoms. The molecule has 1 unspecified atom stereocenters. The molecule has 0 aliphatic rings. The van der Waals surface area contributed by atoms with E-state index in [2.05, 4.69) is 25.7 Å². The van der Waals surface area contributed by atoms with Crippen molar-refractivity contribution in [3.63, 3.8) is 0 Å². The maximum Gasteiger partial charge on any atom is 0.127 e. The van der Waals surface area contributed by atoms with Gasteiger partial charge in [-0.25, -0.2) is 4.39 Å². The van der Waals surface area contributed by atoms with Gasteiger partial charge in [0.25, 0.3) is 0 Å². The van der Waals surface area contributed by atoms with Crippen LogP contribution in [0, 0.1) is 5.82 Å². The first kappa shape index (κ1) is 14.7. The Balaban J connectivity index is 2.84. The zero-order valence-electron chi connectivity index (χ0n) is 11.4. The van der Waals surface area contributed by atoms with Crippen molar-refractivity contribution < 1.29 is 9.13 Å². The number of halogens is 1. The first-order chi connectivity index (χ1) is 8.54. The van der Waals surface area contributed by atoms with Crippen LogP contribution in [0.3, 0.4) is 0 Å². The minimum Gasteiger partial charge on any atom is -0.489 e. The van der Waals surface area contributed by atoms with E-state index in [0.29, 0.717) is 12.4 Å². The third kappa shape index (κ3) is 4.49. The van der Waals surface area contributed by atoms with Crippen LogP contribution in [0.1, 0.15) is 38.8 Å². The number of hydrogen-bond acceptors (Lipinski definition) is 2. The van der Waals surface area contributed by atoms with Crippen molar-refractivity contribution >= 4 is 0 Å². The molecule has 2 nitrogen and oxygen atoms in total. The van der Waals surface area contributed by atoms with Crippen LogP contribution in [-0.4, -0.2) is 13.2 Å². The SMILES string of the molecule is C=C(C)COc1cc(F)ccc1C(C)NCCC. The lowest BCUT2D eigenvalue weighted by atomic mass is 10.1. The molecule has 0 saturated carbocycles. The highest BCUT2D eigenvalue weighted by Crippen LogP contribution is 2.26.